The van der Waals surface area contributed by atoms with Gasteiger partial charge in [-0.3, -0.25) is 4.79 Å². The lowest BCUT2D eigenvalue weighted by molar-refractivity contribution is -0.257. The third-order valence-corrected chi connectivity index (χ3v) is 6.69. The summed E-state index contributed by atoms with van der Waals surface area (Å²) in [4.78, 5) is 13.9. The molecule has 1 amide bonds. The van der Waals surface area contributed by atoms with E-state index in [1.54, 1.807) is 12.1 Å². The third kappa shape index (κ3) is 5.43. The van der Waals surface area contributed by atoms with Gasteiger partial charge in [0.2, 0.25) is 0 Å². The lowest BCUT2D eigenvalue weighted by atomic mass is 10.0. The molecule has 1 atom stereocenters. The predicted molar refractivity (Wildman–Crippen MR) is 139 cm³/mol. The lowest BCUT2D eigenvalue weighted by Gasteiger charge is -2.36. The molecule has 0 radical (unpaired) electrons. The number of halogens is 6. The number of anilines is 1. The minimum atomic E-state index is -5.11. The molecule has 4 aromatic rings. The minimum Gasteiger partial charge on any atom is -0.380 e. The van der Waals surface area contributed by atoms with E-state index < -0.39 is 36.6 Å². The van der Waals surface area contributed by atoms with Gasteiger partial charge in [0, 0.05) is 11.9 Å². The van der Waals surface area contributed by atoms with Crippen molar-refractivity contribution in [2.45, 2.75) is 18.7 Å². The summed E-state index contributed by atoms with van der Waals surface area (Å²) in [7, 11) is 0. The fourth-order valence-electron chi connectivity index (χ4n) is 3.99. The summed E-state index contributed by atoms with van der Waals surface area (Å²) in [5.41, 5.74) is -2.33. The first-order chi connectivity index (χ1) is 17.9. The van der Waals surface area contributed by atoms with Crippen LogP contribution >= 0.6 is 23.2 Å². The molecule has 1 unspecified atom stereocenters. The van der Waals surface area contributed by atoms with Crippen LogP contribution in [-0.2, 0) is 0 Å². The number of para-hydroxylation sites is 1. The second-order valence-corrected chi connectivity index (χ2v) is 9.39. The van der Waals surface area contributed by atoms with E-state index in [4.69, 9.17) is 23.2 Å². The van der Waals surface area contributed by atoms with Crippen LogP contribution in [0.2, 0.25) is 10.0 Å². The Balaban J connectivity index is 1.65. The Labute approximate surface area is 225 Å². The molecule has 0 aliphatic carbocycles. The minimum absolute atomic E-state index is 0.0182. The van der Waals surface area contributed by atoms with Crippen LogP contribution in [0.15, 0.2) is 66.9 Å². The van der Waals surface area contributed by atoms with E-state index in [1.807, 2.05) is 0 Å². The van der Waals surface area contributed by atoms with Gasteiger partial charge in [-0.1, -0.05) is 41.4 Å². The standard InChI is InChI=1S/C26H22Cl2F4N4O2/c1-2-35(24(37)22-19(27)6-4-7-20(22)28)15-25(38,26(30,31)32)14-33-21-8-3-5-16-13-34-36(23(16)21)18-11-9-17(29)10-12-18/h3-13,33,38H,2,14-15H2,1H3. The summed E-state index contributed by atoms with van der Waals surface area (Å²) in [5, 5.41) is 18.4. The van der Waals surface area contributed by atoms with Crippen molar-refractivity contribution in [1.82, 2.24) is 14.7 Å². The second kappa shape index (κ2) is 10.8. The number of nitrogens with one attached hydrogen (secondary N) is 1. The summed E-state index contributed by atoms with van der Waals surface area (Å²) in [5.74, 6) is -1.30. The van der Waals surface area contributed by atoms with E-state index in [0.717, 1.165) is 4.90 Å². The Morgan fingerprint density at radius 3 is 2.29 bits per heavy atom. The molecule has 12 heteroatoms. The van der Waals surface area contributed by atoms with Gasteiger partial charge in [0.1, 0.15) is 5.82 Å². The summed E-state index contributed by atoms with van der Waals surface area (Å²) < 4.78 is 57.6. The molecule has 200 valence electrons. The zero-order valence-electron chi connectivity index (χ0n) is 19.9. The molecule has 1 aromatic heterocycles. The molecule has 4 rings (SSSR count). The van der Waals surface area contributed by atoms with Gasteiger partial charge in [-0.25, -0.2) is 9.07 Å². The quantitative estimate of drug-likeness (QED) is 0.243. The van der Waals surface area contributed by atoms with E-state index in [2.05, 4.69) is 10.4 Å². The van der Waals surface area contributed by atoms with Crippen LogP contribution in [0.5, 0.6) is 0 Å². The fraction of sp³-hybridized carbons (Fsp3) is 0.231. The molecule has 0 aliphatic rings. The normalized spacial score (nSPS) is 13.4. The average Bonchev–Trinajstić information content (AvgIpc) is 3.30. The number of carbonyl (C=O) groups excluding carboxylic acids is 1. The number of rotatable bonds is 8. The van der Waals surface area contributed by atoms with Crippen molar-refractivity contribution < 1.29 is 27.5 Å². The number of benzene rings is 3. The highest BCUT2D eigenvalue weighted by Crippen LogP contribution is 2.34. The van der Waals surface area contributed by atoms with Gasteiger partial charge in [-0.15, -0.1) is 0 Å². The first kappa shape index (κ1) is 27.7. The molecule has 0 spiro atoms. The Kier molecular flexibility index (Phi) is 7.87. The maximum atomic E-state index is 14.2. The summed E-state index contributed by atoms with van der Waals surface area (Å²) in [6.45, 7) is -0.724. The molecule has 1 heterocycles. The van der Waals surface area contributed by atoms with Gasteiger partial charge in [0.15, 0.2) is 5.60 Å². The van der Waals surface area contributed by atoms with Crippen molar-refractivity contribution in [3.63, 3.8) is 0 Å². The fourth-order valence-corrected chi connectivity index (χ4v) is 4.55. The molecular formula is C26H22Cl2F4N4O2. The van der Waals surface area contributed by atoms with Crippen molar-refractivity contribution in [1.29, 1.82) is 0 Å². The van der Waals surface area contributed by atoms with Gasteiger partial charge in [0.25, 0.3) is 5.91 Å². The summed E-state index contributed by atoms with van der Waals surface area (Å²) in [6, 6.07) is 14.6. The molecule has 38 heavy (non-hydrogen) atoms. The van der Waals surface area contributed by atoms with Gasteiger partial charge in [0.05, 0.1) is 51.8 Å². The van der Waals surface area contributed by atoms with Gasteiger partial charge < -0.3 is 15.3 Å². The van der Waals surface area contributed by atoms with E-state index in [1.165, 1.54) is 66.3 Å². The maximum Gasteiger partial charge on any atom is 0.420 e. The topological polar surface area (TPSA) is 70.4 Å². The zero-order valence-corrected chi connectivity index (χ0v) is 21.4. The largest absolute Gasteiger partial charge is 0.420 e. The van der Waals surface area contributed by atoms with Gasteiger partial charge in [-0.05, 0) is 49.4 Å². The van der Waals surface area contributed by atoms with Crippen LogP contribution in [0, 0.1) is 5.82 Å². The Hall–Kier alpha value is -3.34. The number of fused-ring (bicyclic) bond motifs is 1. The summed E-state index contributed by atoms with van der Waals surface area (Å²) in [6.07, 6.45) is -3.59. The second-order valence-electron chi connectivity index (χ2n) is 8.58. The maximum absolute atomic E-state index is 14.2. The van der Waals surface area contributed by atoms with Crippen molar-refractivity contribution in [2.24, 2.45) is 0 Å². The van der Waals surface area contributed by atoms with Crippen LogP contribution in [0.25, 0.3) is 16.6 Å². The first-order valence-corrected chi connectivity index (χ1v) is 12.2. The highest BCUT2D eigenvalue weighted by Gasteiger charge is 2.55. The lowest BCUT2D eigenvalue weighted by Crippen LogP contribution is -2.58. The Morgan fingerprint density at radius 1 is 1.05 bits per heavy atom. The van der Waals surface area contributed by atoms with Gasteiger partial charge >= 0.3 is 6.18 Å². The number of aromatic nitrogens is 2. The third-order valence-electron chi connectivity index (χ3n) is 6.06. The van der Waals surface area contributed by atoms with Crippen molar-refractivity contribution in [3.8, 4) is 5.69 Å². The first-order valence-electron chi connectivity index (χ1n) is 11.4. The number of hydrogen-bond donors (Lipinski definition) is 2. The van der Waals surface area contributed by atoms with E-state index in [-0.39, 0.29) is 27.8 Å². The van der Waals surface area contributed by atoms with Crippen LogP contribution in [-0.4, -0.2) is 57.1 Å². The van der Waals surface area contributed by atoms with Crippen LogP contribution < -0.4 is 5.32 Å². The van der Waals surface area contributed by atoms with Crippen LogP contribution in [0.1, 0.15) is 17.3 Å². The molecule has 2 N–H and O–H groups in total. The highest BCUT2D eigenvalue weighted by atomic mass is 35.5. The predicted octanol–water partition coefficient (Wildman–Crippen LogP) is 6.34. The Morgan fingerprint density at radius 2 is 1.68 bits per heavy atom. The molecular weight excluding hydrogens is 547 g/mol. The number of alkyl halides is 3. The molecule has 0 saturated carbocycles. The average molecular weight is 569 g/mol. The number of likely N-dealkylation sites (N-methyl/N-ethyl adjacent to an activating group) is 1. The smallest absolute Gasteiger partial charge is 0.380 e. The molecule has 0 fully saturated rings. The van der Waals surface area contributed by atoms with E-state index in [9.17, 15) is 27.5 Å². The molecule has 0 saturated heterocycles. The van der Waals surface area contributed by atoms with Crippen LogP contribution in [0.3, 0.4) is 0 Å². The van der Waals surface area contributed by atoms with E-state index in [0.29, 0.717) is 16.6 Å². The highest BCUT2D eigenvalue weighted by molar-refractivity contribution is 6.39. The molecule has 3 aromatic carbocycles. The molecule has 6 nitrogen and oxygen atoms in total. The van der Waals surface area contributed by atoms with Crippen LogP contribution in [0.4, 0.5) is 23.2 Å². The molecule has 0 bridgehead atoms. The number of carbonyl (C=O) groups is 1. The number of nitrogens with zero attached hydrogens (tertiary/aromatic N) is 3. The SMILES string of the molecule is CCN(CC(O)(CNc1cccc2cnn(-c3ccc(F)cc3)c12)C(F)(F)F)C(=O)c1c(Cl)cccc1Cl. The van der Waals surface area contributed by atoms with E-state index >= 15 is 0 Å². The summed E-state index contributed by atoms with van der Waals surface area (Å²) >= 11 is 12.2. The van der Waals surface area contributed by atoms with Crippen molar-refractivity contribution >= 4 is 45.7 Å². The number of amides is 1. The van der Waals surface area contributed by atoms with Crippen molar-refractivity contribution in [2.75, 3.05) is 25.0 Å². The number of aliphatic hydroxyl groups is 1. The Bertz CT molecular complexity index is 1440. The zero-order chi connectivity index (χ0) is 27.7. The van der Waals surface area contributed by atoms with Gasteiger partial charge in [-0.2, -0.15) is 18.3 Å². The molecule has 0 aliphatic heterocycles. The van der Waals surface area contributed by atoms with Crippen molar-refractivity contribution in [3.05, 3.63) is 88.3 Å². The monoisotopic (exact) mass is 568 g/mol. The number of hydrogen-bond acceptors (Lipinski definition) is 4.